The lowest BCUT2D eigenvalue weighted by molar-refractivity contribution is 0.0777. The first-order chi connectivity index (χ1) is 9.16. The third kappa shape index (κ3) is 2.22. The van der Waals surface area contributed by atoms with Crippen molar-refractivity contribution >= 4 is 44.6 Å². The van der Waals surface area contributed by atoms with Crippen LogP contribution in [0, 0.1) is 0 Å². The zero-order valence-corrected chi connectivity index (χ0v) is 11.8. The number of rotatable bonds is 1. The Morgan fingerprint density at radius 2 is 2.21 bits per heavy atom. The molecule has 1 aromatic carbocycles. The van der Waals surface area contributed by atoms with E-state index in [4.69, 9.17) is 17.3 Å². The maximum atomic E-state index is 12.5. The summed E-state index contributed by atoms with van der Waals surface area (Å²) < 4.78 is 0.998. The van der Waals surface area contributed by atoms with Gasteiger partial charge in [0.15, 0.2) is 0 Å². The van der Waals surface area contributed by atoms with Gasteiger partial charge in [-0.15, -0.1) is 11.3 Å². The lowest BCUT2D eigenvalue weighted by Crippen LogP contribution is -2.33. The van der Waals surface area contributed by atoms with Crippen molar-refractivity contribution in [2.24, 2.45) is 0 Å². The van der Waals surface area contributed by atoms with Crippen LogP contribution in [0.2, 0.25) is 5.02 Å². The van der Waals surface area contributed by atoms with E-state index < -0.39 is 0 Å². The minimum Gasteiger partial charge on any atom is -0.397 e. The number of hydrogen-bond acceptors (Lipinski definition) is 3. The van der Waals surface area contributed by atoms with Crippen LogP contribution < -0.4 is 5.73 Å². The second-order valence-electron chi connectivity index (χ2n) is 4.50. The van der Waals surface area contributed by atoms with E-state index in [1.165, 1.54) is 11.3 Å². The number of fused-ring (bicyclic) bond motifs is 1. The van der Waals surface area contributed by atoms with Gasteiger partial charge in [-0.05, 0) is 24.6 Å². The Bertz CT molecular complexity index is 677. The quantitative estimate of drug-likeness (QED) is 0.817. The summed E-state index contributed by atoms with van der Waals surface area (Å²) in [4.78, 5) is 14.9. The highest BCUT2D eigenvalue weighted by Crippen LogP contribution is 2.36. The maximum absolute atomic E-state index is 12.5. The third-order valence-electron chi connectivity index (χ3n) is 3.23. The number of carbonyl (C=O) groups is 1. The minimum absolute atomic E-state index is 0.0131. The Hall–Kier alpha value is -1.52. The van der Waals surface area contributed by atoms with Crippen molar-refractivity contribution in [1.29, 1.82) is 0 Å². The number of amides is 1. The van der Waals surface area contributed by atoms with Crippen molar-refractivity contribution in [2.75, 3.05) is 18.8 Å². The summed E-state index contributed by atoms with van der Waals surface area (Å²) >= 11 is 7.41. The molecule has 3 nitrogen and oxygen atoms in total. The average Bonchev–Trinajstić information content (AvgIpc) is 2.76. The van der Waals surface area contributed by atoms with Crippen LogP contribution in [0.25, 0.3) is 10.1 Å². The van der Waals surface area contributed by atoms with Crippen LogP contribution >= 0.6 is 22.9 Å². The molecule has 2 N–H and O–H groups in total. The van der Waals surface area contributed by atoms with Crippen LogP contribution in [0.15, 0.2) is 30.4 Å². The highest BCUT2D eigenvalue weighted by Gasteiger charge is 2.22. The van der Waals surface area contributed by atoms with Gasteiger partial charge in [0.1, 0.15) is 4.88 Å². The molecular formula is C14H13ClN2OS. The number of anilines is 1. The first kappa shape index (κ1) is 12.5. The second-order valence-corrected chi connectivity index (χ2v) is 5.99. The Balaban J connectivity index is 2.02. The van der Waals surface area contributed by atoms with Crippen molar-refractivity contribution in [3.8, 4) is 0 Å². The summed E-state index contributed by atoms with van der Waals surface area (Å²) in [6.45, 7) is 1.41. The summed E-state index contributed by atoms with van der Waals surface area (Å²) in [6, 6.07) is 5.54. The molecule has 19 heavy (non-hydrogen) atoms. The van der Waals surface area contributed by atoms with Gasteiger partial charge in [-0.1, -0.05) is 23.8 Å². The topological polar surface area (TPSA) is 46.3 Å². The fourth-order valence-electron chi connectivity index (χ4n) is 2.22. The number of nitrogen functional groups attached to an aromatic ring is 1. The Morgan fingerprint density at radius 3 is 2.95 bits per heavy atom. The number of nitrogens with zero attached hydrogens (tertiary/aromatic N) is 1. The van der Waals surface area contributed by atoms with Crippen LogP contribution in [0.5, 0.6) is 0 Å². The highest BCUT2D eigenvalue weighted by atomic mass is 35.5. The van der Waals surface area contributed by atoms with Gasteiger partial charge in [0.25, 0.3) is 5.91 Å². The van der Waals surface area contributed by atoms with E-state index in [2.05, 4.69) is 6.08 Å². The minimum atomic E-state index is 0.0131. The molecule has 0 atom stereocenters. The van der Waals surface area contributed by atoms with Crippen LogP contribution in [0.4, 0.5) is 5.69 Å². The summed E-state index contributed by atoms with van der Waals surface area (Å²) in [6.07, 6.45) is 5.02. The van der Waals surface area contributed by atoms with Gasteiger partial charge >= 0.3 is 0 Å². The van der Waals surface area contributed by atoms with Crippen molar-refractivity contribution in [3.05, 3.63) is 40.3 Å². The molecular weight excluding hydrogens is 280 g/mol. The third-order valence-corrected chi connectivity index (χ3v) is 4.64. The molecule has 3 rings (SSSR count). The van der Waals surface area contributed by atoms with Crippen LogP contribution in [-0.2, 0) is 0 Å². The van der Waals surface area contributed by atoms with Gasteiger partial charge in [-0.3, -0.25) is 4.79 Å². The SMILES string of the molecule is Nc1c(C(=O)N2CC=CCC2)sc2ccc(Cl)cc12. The summed E-state index contributed by atoms with van der Waals surface area (Å²) in [5.74, 6) is 0.0131. The summed E-state index contributed by atoms with van der Waals surface area (Å²) in [5, 5.41) is 1.50. The Labute approximate surface area is 120 Å². The highest BCUT2D eigenvalue weighted by molar-refractivity contribution is 7.21. The molecule has 0 fully saturated rings. The van der Waals surface area contributed by atoms with E-state index in [0.717, 1.165) is 23.1 Å². The number of benzene rings is 1. The molecule has 0 bridgehead atoms. The number of nitrogens with two attached hydrogens (primary N) is 1. The van der Waals surface area contributed by atoms with E-state index in [1.807, 2.05) is 29.2 Å². The van der Waals surface area contributed by atoms with Gasteiger partial charge in [0.05, 0.1) is 5.69 Å². The molecule has 2 heterocycles. The van der Waals surface area contributed by atoms with Gasteiger partial charge in [0, 0.05) is 28.2 Å². The fourth-order valence-corrected chi connectivity index (χ4v) is 3.46. The van der Waals surface area contributed by atoms with Crippen molar-refractivity contribution in [3.63, 3.8) is 0 Å². The van der Waals surface area contributed by atoms with Crippen LogP contribution in [-0.4, -0.2) is 23.9 Å². The van der Waals surface area contributed by atoms with Gasteiger partial charge in [-0.25, -0.2) is 0 Å². The Kier molecular flexibility index (Phi) is 3.21. The second kappa shape index (κ2) is 4.87. The van der Waals surface area contributed by atoms with Crippen LogP contribution in [0.1, 0.15) is 16.1 Å². The predicted molar refractivity (Wildman–Crippen MR) is 80.9 cm³/mol. The maximum Gasteiger partial charge on any atom is 0.266 e. The van der Waals surface area contributed by atoms with E-state index in [9.17, 15) is 4.79 Å². The molecule has 0 spiro atoms. The molecule has 0 saturated carbocycles. The molecule has 1 aromatic heterocycles. The summed E-state index contributed by atoms with van der Waals surface area (Å²) in [7, 11) is 0. The lowest BCUT2D eigenvalue weighted by Gasteiger charge is -2.22. The van der Waals surface area contributed by atoms with Crippen LogP contribution in [0.3, 0.4) is 0 Å². The molecule has 0 radical (unpaired) electrons. The molecule has 1 aliphatic heterocycles. The zero-order chi connectivity index (χ0) is 13.4. The molecule has 5 heteroatoms. The Morgan fingerprint density at radius 1 is 1.37 bits per heavy atom. The lowest BCUT2D eigenvalue weighted by atomic mass is 10.2. The summed E-state index contributed by atoms with van der Waals surface area (Å²) in [5.41, 5.74) is 6.65. The molecule has 98 valence electrons. The van der Waals surface area contributed by atoms with E-state index in [1.54, 1.807) is 0 Å². The number of thiophene rings is 1. The number of hydrogen-bond donors (Lipinski definition) is 1. The molecule has 1 aliphatic rings. The first-order valence-electron chi connectivity index (χ1n) is 6.08. The number of carbonyl (C=O) groups excluding carboxylic acids is 1. The molecule has 0 saturated heterocycles. The molecule has 0 unspecified atom stereocenters. The normalized spacial score (nSPS) is 15.1. The smallest absolute Gasteiger partial charge is 0.266 e. The first-order valence-corrected chi connectivity index (χ1v) is 7.28. The standard InChI is InChI=1S/C14H13ClN2OS/c15-9-4-5-11-10(8-9)12(16)13(19-11)14(18)17-6-2-1-3-7-17/h1-2,4-5,8H,3,6-7,16H2. The van der Waals surface area contributed by atoms with Crippen molar-refractivity contribution in [2.45, 2.75) is 6.42 Å². The van der Waals surface area contributed by atoms with E-state index in [0.29, 0.717) is 22.1 Å². The zero-order valence-electron chi connectivity index (χ0n) is 10.2. The van der Waals surface area contributed by atoms with Crippen molar-refractivity contribution < 1.29 is 4.79 Å². The fraction of sp³-hybridized carbons (Fsp3) is 0.214. The van der Waals surface area contributed by atoms with Gasteiger partial charge < -0.3 is 10.6 Å². The van der Waals surface area contributed by atoms with Gasteiger partial charge in [0.2, 0.25) is 0 Å². The van der Waals surface area contributed by atoms with Gasteiger partial charge in [-0.2, -0.15) is 0 Å². The monoisotopic (exact) mass is 292 g/mol. The number of halogens is 1. The van der Waals surface area contributed by atoms with E-state index >= 15 is 0 Å². The molecule has 1 amide bonds. The molecule has 0 aliphatic carbocycles. The largest absolute Gasteiger partial charge is 0.397 e. The van der Waals surface area contributed by atoms with E-state index in [-0.39, 0.29) is 5.91 Å². The van der Waals surface area contributed by atoms with Crippen molar-refractivity contribution in [1.82, 2.24) is 4.90 Å². The predicted octanol–water partition coefficient (Wildman–Crippen LogP) is 3.54. The molecule has 2 aromatic rings. The average molecular weight is 293 g/mol.